The Morgan fingerprint density at radius 3 is 2.61 bits per heavy atom. The maximum atomic E-state index is 13.3. The van der Waals surface area contributed by atoms with Crippen molar-refractivity contribution in [3.8, 4) is 11.8 Å². The van der Waals surface area contributed by atoms with Gasteiger partial charge in [-0.05, 0) is 148 Å². The van der Waals surface area contributed by atoms with Crippen LogP contribution in [0.4, 0.5) is 0 Å². The Balaban J connectivity index is 1.08. The molecule has 4 aromatic rings. The number of aromatic nitrogens is 2. The van der Waals surface area contributed by atoms with Crippen molar-refractivity contribution in [2.45, 2.75) is 120 Å². The summed E-state index contributed by atoms with van der Waals surface area (Å²) >= 11 is 0. The van der Waals surface area contributed by atoms with E-state index in [0.717, 1.165) is 56.9 Å². The van der Waals surface area contributed by atoms with Crippen LogP contribution in [0, 0.1) is 58.2 Å². The number of aromatic amines is 2. The van der Waals surface area contributed by atoms with E-state index in [1.54, 1.807) is 11.1 Å². The van der Waals surface area contributed by atoms with Crippen molar-refractivity contribution < 1.29 is 15.3 Å². The fourth-order valence-electron chi connectivity index (χ4n) is 15.1. The molecule has 2 aromatic carbocycles. The van der Waals surface area contributed by atoms with Gasteiger partial charge in [0.15, 0.2) is 5.96 Å². The van der Waals surface area contributed by atoms with Gasteiger partial charge in [-0.15, -0.1) is 0 Å². The normalized spacial score (nSPS) is 40.9. The number of aliphatic hydroxyl groups is 3. The van der Waals surface area contributed by atoms with Crippen molar-refractivity contribution in [2.75, 3.05) is 6.54 Å². The molecule has 2 aromatic heterocycles. The lowest BCUT2D eigenvalue weighted by Crippen LogP contribution is -2.57. The first kappa shape index (κ1) is 37.7. The van der Waals surface area contributed by atoms with Gasteiger partial charge in [0, 0.05) is 59.7 Å². The molecule has 13 atom stereocenters. The summed E-state index contributed by atoms with van der Waals surface area (Å²) < 4.78 is 0. The predicted molar refractivity (Wildman–Crippen MR) is 232 cm³/mol. The number of para-hydroxylation sites is 1. The van der Waals surface area contributed by atoms with Crippen molar-refractivity contribution in [1.29, 1.82) is 0 Å². The molecule has 0 aliphatic heterocycles. The molecule has 8 aliphatic carbocycles. The van der Waals surface area contributed by atoms with Gasteiger partial charge in [-0.2, -0.15) is 0 Å². The highest BCUT2D eigenvalue weighted by molar-refractivity contribution is 5.80. The number of allylic oxidation sites excluding steroid dienone is 2. The first-order valence-electron chi connectivity index (χ1n) is 22.7. The lowest BCUT2D eigenvalue weighted by atomic mass is 9.44. The summed E-state index contributed by atoms with van der Waals surface area (Å²) in [7, 11) is 0. The SMILES string of the molecule is C[C@@]1(O)[C@@H]2CC[C@@H]3[C@H]4[C@@H]1C[C@@H](O)[C@@]4(O)C[C@@H](NC(N)=NCCc1ccccc1)C#C[C@H]1C[C@@]45CC[C@@H](C4)[C@@H](c4ccc[nH]4)CCC5=C(Cc4cc5ccccc5[nH]4)[C@@]31C2. The minimum absolute atomic E-state index is 0.0365. The summed E-state index contributed by atoms with van der Waals surface area (Å²) in [5, 5.41) is 43.1. The first-order valence-corrected chi connectivity index (χ1v) is 22.7. The molecule has 6 saturated carbocycles. The van der Waals surface area contributed by atoms with Crippen LogP contribution in [-0.2, 0) is 12.8 Å². The Morgan fingerprint density at radius 2 is 1.78 bits per heavy atom. The van der Waals surface area contributed by atoms with Crippen molar-refractivity contribution in [1.82, 2.24) is 15.3 Å². The van der Waals surface area contributed by atoms with Gasteiger partial charge < -0.3 is 36.3 Å². The van der Waals surface area contributed by atoms with E-state index in [1.807, 2.05) is 25.1 Å². The summed E-state index contributed by atoms with van der Waals surface area (Å²) in [4.78, 5) is 12.2. The maximum Gasteiger partial charge on any atom is 0.189 e. The molecule has 0 amide bonds. The fraction of sp³-hybridized carbons (Fsp3) is 0.549. The number of guanidine groups is 1. The van der Waals surface area contributed by atoms with E-state index < -0.39 is 23.3 Å². The Kier molecular flexibility index (Phi) is 8.86. The number of aliphatic hydroxyl groups excluding tert-OH is 1. The highest BCUT2D eigenvalue weighted by atomic mass is 16.3. The molecule has 8 heteroatoms. The quantitative estimate of drug-likeness (QED) is 0.0449. The van der Waals surface area contributed by atoms with E-state index in [4.69, 9.17) is 10.7 Å². The van der Waals surface area contributed by atoms with E-state index in [-0.39, 0.29) is 46.8 Å². The molecule has 2 heterocycles. The van der Waals surface area contributed by atoms with E-state index in [0.29, 0.717) is 30.8 Å². The molecule has 0 unspecified atom stereocenters. The van der Waals surface area contributed by atoms with Gasteiger partial charge in [-0.1, -0.05) is 71.5 Å². The third-order valence-electron chi connectivity index (χ3n) is 17.6. The Bertz CT molecular complexity index is 2320. The van der Waals surface area contributed by atoms with Crippen LogP contribution in [0.5, 0.6) is 0 Å². The number of H-pyrrole nitrogens is 2. The lowest BCUT2D eigenvalue weighted by Gasteiger charge is -2.59. The number of hydrogen-bond donors (Lipinski definition) is 7. The van der Waals surface area contributed by atoms with E-state index in [2.05, 4.69) is 87.9 Å². The first-order chi connectivity index (χ1) is 28.6. The molecule has 8 N–H and O–H groups in total. The topological polar surface area (TPSA) is 143 Å². The zero-order valence-electron chi connectivity index (χ0n) is 34.5. The van der Waals surface area contributed by atoms with Gasteiger partial charge in [0.05, 0.1) is 23.3 Å². The third-order valence-corrected chi connectivity index (χ3v) is 17.6. The molecule has 6 fully saturated rings. The minimum atomic E-state index is -1.45. The van der Waals surface area contributed by atoms with Gasteiger partial charge in [-0.25, -0.2) is 0 Å². The second kappa shape index (κ2) is 13.9. The Labute approximate surface area is 348 Å². The largest absolute Gasteiger partial charge is 0.390 e. The molecular weight excluding hydrogens is 731 g/mol. The van der Waals surface area contributed by atoms with Gasteiger partial charge >= 0.3 is 0 Å². The summed E-state index contributed by atoms with van der Waals surface area (Å²) in [5.74, 6) is 8.85. The van der Waals surface area contributed by atoms with Crippen molar-refractivity contribution in [3.63, 3.8) is 0 Å². The zero-order chi connectivity index (χ0) is 40.1. The number of aliphatic imine (C=N–C) groups is 1. The summed E-state index contributed by atoms with van der Waals surface area (Å²) in [6, 6.07) is 25.2. The summed E-state index contributed by atoms with van der Waals surface area (Å²) in [5.41, 5.74) is 12.1. The number of fused-ring (bicyclic) bond motifs is 3. The molecule has 308 valence electrons. The van der Waals surface area contributed by atoms with Gasteiger partial charge in [0.25, 0.3) is 0 Å². The van der Waals surface area contributed by atoms with E-state index in [9.17, 15) is 15.3 Å². The number of nitrogens with one attached hydrogen (secondary N) is 3. The standard InChI is InChI=1S/C51H61N5O3/c1-48(58)34-14-17-40-46-42(48)26-45(57)51(46,59)30-36(56-47(52)54-23-20-31-8-3-2-4-9-31)15-13-35-28-49-21-19-33(27-49)38(44-12-7-22-53-44)16-18-39(49)41(50(35,40)29-34)25-37-24-32-10-5-6-11-43(32)55-37/h2-12,22,24,33-36,38,40,42,45-46,53,55,57-59H,14,16-21,23,25-30H2,1H3,(H3,52,54,56)/t33-,34+,35-,36-,38-,40+,42-,45+,46-,48+,49+,50+,51-/m0/s1. The average Bonchev–Trinajstić information content (AvgIpc) is 4.01. The van der Waals surface area contributed by atoms with Crippen LogP contribution in [0.25, 0.3) is 10.9 Å². The number of nitrogens with zero attached hydrogens (tertiary/aromatic N) is 1. The van der Waals surface area contributed by atoms with E-state index >= 15 is 0 Å². The van der Waals surface area contributed by atoms with Crippen LogP contribution in [0.3, 0.4) is 0 Å². The van der Waals surface area contributed by atoms with Gasteiger partial charge in [-0.3, -0.25) is 4.99 Å². The molecule has 8 aliphatic rings. The van der Waals surface area contributed by atoms with Gasteiger partial charge in [0.1, 0.15) is 0 Å². The zero-order valence-corrected chi connectivity index (χ0v) is 34.5. The van der Waals surface area contributed by atoms with Crippen LogP contribution >= 0.6 is 0 Å². The molecule has 0 saturated heterocycles. The molecule has 12 rings (SSSR count). The minimum Gasteiger partial charge on any atom is -0.390 e. The average molecular weight is 792 g/mol. The number of benzene rings is 2. The summed E-state index contributed by atoms with van der Waals surface area (Å²) in [6.07, 6.45) is 12.8. The molecule has 2 spiro atoms. The van der Waals surface area contributed by atoms with Crippen LogP contribution < -0.4 is 11.1 Å². The highest BCUT2D eigenvalue weighted by Gasteiger charge is 2.72. The number of hydrogen-bond acceptors (Lipinski definition) is 4. The molecule has 0 radical (unpaired) electrons. The number of nitrogens with two attached hydrogens (primary N) is 1. The van der Waals surface area contributed by atoms with Crippen molar-refractivity contribution >= 4 is 16.9 Å². The second-order valence-corrected chi connectivity index (χ2v) is 20.2. The molecule has 6 bridgehead atoms. The number of rotatable bonds is 7. The third kappa shape index (κ3) is 5.85. The van der Waals surface area contributed by atoms with Crippen LogP contribution in [0.2, 0.25) is 0 Å². The highest BCUT2D eigenvalue weighted by Crippen LogP contribution is 2.74. The molecule has 8 nitrogen and oxygen atoms in total. The van der Waals surface area contributed by atoms with Crippen LogP contribution in [0.1, 0.15) is 100 Å². The van der Waals surface area contributed by atoms with Gasteiger partial charge in [0.2, 0.25) is 0 Å². The Morgan fingerprint density at radius 1 is 0.932 bits per heavy atom. The monoisotopic (exact) mass is 791 g/mol. The van der Waals surface area contributed by atoms with Crippen molar-refractivity contribution in [3.05, 3.63) is 107 Å². The Hall–Kier alpha value is -4.29. The maximum absolute atomic E-state index is 13.3. The fourth-order valence-corrected chi connectivity index (χ4v) is 15.1. The molecule has 59 heavy (non-hydrogen) atoms. The van der Waals surface area contributed by atoms with Crippen LogP contribution in [-0.4, -0.2) is 61.1 Å². The predicted octanol–water partition coefficient (Wildman–Crippen LogP) is 7.54. The van der Waals surface area contributed by atoms with Crippen LogP contribution in [0.15, 0.2) is 95.1 Å². The second-order valence-electron chi connectivity index (χ2n) is 20.2. The smallest absolute Gasteiger partial charge is 0.189 e. The van der Waals surface area contributed by atoms with Crippen molar-refractivity contribution in [2.24, 2.45) is 57.1 Å². The summed E-state index contributed by atoms with van der Waals surface area (Å²) in [6.45, 7) is 2.58. The van der Waals surface area contributed by atoms with E-state index in [1.165, 1.54) is 41.6 Å². The molecular formula is C51H61N5O3. The lowest BCUT2D eigenvalue weighted by molar-refractivity contribution is -0.128.